The molecule has 0 saturated carbocycles. The third-order valence-corrected chi connectivity index (χ3v) is 24.6. The molecule has 10 aliphatic heterocycles. The van der Waals surface area contributed by atoms with Gasteiger partial charge in [0.1, 0.15) is 256 Å². The Morgan fingerprint density at radius 1 is 0.272 bits per heavy atom. The van der Waals surface area contributed by atoms with Gasteiger partial charge in [-0.15, -0.1) is 0 Å². The zero-order valence-electron chi connectivity index (χ0n) is 73.6. The number of aliphatic hydroxyl groups excluding tert-OH is 30. The fourth-order valence-corrected chi connectivity index (χ4v) is 17.3. The van der Waals surface area contributed by atoms with E-state index in [1.807, 2.05) is 0 Å². The molecule has 0 aromatic rings. The first-order valence-corrected chi connectivity index (χ1v) is 43.4. The number of hydrogen-bond donors (Lipinski definition) is 35. The number of amides is 5. The van der Waals surface area contributed by atoms with Gasteiger partial charge in [0.05, 0.1) is 84.8 Å². The number of hydrogen-bond acceptors (Lipinski definition) is 55. The minimum Gasteiger partial charge on any atom is -0.394 e. The monoisotopic (exact) mass is 1990 g/mol. The fourth-order valence-electron chi connectivity index (χ4n) is 17.3. The topological polar surface area (TPSA) is 937 Å². The van der Waals surface area contributed by atoms with Crippen LogP contribution < -0.4 is 26.6 Å². The molecule has 0 radical (unpaired) electrons. The van der Waals surface area contributed by atoms with Gasteiger partial charge < -0.3 is 275 Å². The molecule has 5 amide bonds. The van der Waals surface area contributed by atoms with Crippen LogP contribution in [0.4, 0.5) is 0 Å². The first-order chi connectivity index (χ1) is 64.3. The molecule has 0 spiro atoms. The normalized spacial score (nSPS) is 46.7. The van der Waals surface area contributed by atoms with Crippen LogP contribution >= 0.6 is 0 Å². The van der Waals surface area contributed by atoms with Gasteiger partial charge in [-0.3, -0.25) is 24.0 Å². The Kier molecular flexibility index (Phi) is 41.9. The minimum atomic E-state index is -2.77. The molecule has 54 unspecified atom stereocenters. The van der Waals surface area contributed by atoms with Crippen molar-refractivity contribution in [1.82, 2.24) is 26.6 Å². The molecule has 10 saturated heterocycles. The second kappa shape index (κ2) is 50.2. The summed E-state index contributed by atoms with van der Waals surface area (Å²) in [5.74, 6) is -4.95. The zero-order valence-corrected chi connectivity index (χ0v) is 73.6. The fraction of sp³-hybridized carbons (Fsp3) is 0.934. The number of aliphatic hydroxyl groups is 30. The van der Waals surface area contributed by atoms with Gasteiger partial charge in [-0.25, -0.2) is 0 Å². The average Bonchev–Trinajstić information content (AvgIpc) is 0.749. The van der Waals surface area contributed by atoms with E-state index in [1.54, 1.807) is 0 Å². The van der Waals surface area contributed by atoms with Crippen LogP contribution in [-0.4, -0.2) is 587 Å². The van der Waals surface area contributed by atoms with Crippen molar-refractivity contribution in [3.05, 3.63) is 0 Å². The summed E-state index contributed by atoms with van der Waals surface area (Å²) < 4.78 is 120. The van der Waals surface area contributed by atoms with E-state index in [9.17, 15) is 177 Å². The van der Waals surface area contributed by atoms with Crippen molar-refractivity contribution in [2.75, 3.05) is 72.7 Å². The first kappa shape index (κ1) is 113. The molecule has 788 valence electrons. The van der Waals surface area contributed by atoms with E-state index in [4.69, 9.17) is 94.7 Å². The lowest BCUT2D eigenvalue weighted by atomic mass is 9.93. The van der Waals surface area contributed by atoms with Gasteiger partial charge in [-0.2, -0.15) is 0 Å². The SMILES string of the molecule is CC(=O)NC(CO)C(O)C(OC1OC(CO)C(OC2OC(COC3OC(CO)C(O)C(O)C3OC3OC(CO)C(O)C(O)C3NC(C)=O)C(O)C(OC3OC(CO)C(OC4OC(CO)C(OC5OC(CO)C(O)C(O)C5O)C(O)C4NC(C)=O)C(O)C3OC3OC(CO)C(OC4OC(CO)C(O)C(O)C4O)C(O)C3NC(C)=O)C2O)C(O)C1NC(C)=O)C(O)COC1OC(C)C(O)C(O)C1O. The number of nitrogens with one attached hydrogen (secondary N) is 5. The lowest BCUT2D eigenvalue weighted by Gasteiger charge is -2.52. The molecule has 0 aliphatic carbocycles. The predicted molar refractivity (Wildman–Crippen MR) is 421 cm³/mol. The highest BCUT2D eigenvalue weighted by atomic mass is 16.8. The van der Waals surface area contributed by atoms with E-state index < -0.39 is 433 Å². The maximum atomic E-state index is 13.4. The van der Waals surface area contributed by atoms with Gasteiger partial charge in [0.25, 0.3) is 0 Å². The molecule has 10 aliphatic rings. The largest absolute Gasteiger partial charge is 0.394 e. The Bertz CT molecular complexity index is 3710. The van der Waals surface area contributed by atoms with Crippen molar-refractivity contribution in [2.24, 2.45) is 0 Å². The Hall–Kier alpha value is -4.65. The molecule has 10 rings (SSSR count). The van der Waals surface area contributed by atoms with Crippen LogP contribution in [0.5, 0.6) is 0 Å². The summed E-state index contributed by atoms with van der Waals surface area (Å²) in [5.41, 5.74) is 0. The van der Waals surface area contributed by atoms with Crippen LogP contribution in [0.3, 0.4) is 0 Å². The smallest absolute Gasteiger partial charge is 0.217 e. The highest BCUT2D eigenvalue weighted by Gasteiger charge is 2.63. The molecule has 136 heavy (non-hydrogen) atoms. The number of carbonyl (C=O) groups is 5. The quantitative estimate of drug-likeness (QED) is 0.0272. The summed E-state index contributed by atoms with van der Waals surface area (Å²) in [5, 5.41) is 350. The molecule has 10 heterocycles. The van der Waals surface area contributed by atoms with Crippen molar-refractivity contribution < 1.29 is 272 Å². The van der Waals surface area contributed by atoms with E-state index in [1.165, 1.54) is 6.92 Å². The predicted octanol–water partition coefficient (Wildman–Crippen LogP) is -23.6. The second-order valence-corrected chi connectivity index (χ2v) is 34.3. The first-order valence-electron chi connectivity index (χ1n) is 43.4. The lowest BCUT2D eigenvalue weighted by molar-refractivity contribution is -0.406. The lowest BCUT2D eigenvalue weighted by Crippen LogP contribution is -2.71. The van der Waals surface area contributed by atoms with E-state index in [-0.39, 0.29) is 0 Å². The number of ether oxygens (including phenoxy) is 20. The standard InChI is InChI=1S/C76H129N5O55/c1-18-39(97)50(108)54(112)71(119-18)117-16-25(96)59(40(98)24(7-82)77-19(2)91)129-68-36(79-21(4)93)47(105)62(32(14-89)124-68)133-74-58(116)64(45(103)34(128-74)17-118-75-65(53(111)44(102)29(11-86)123-75)135-67-35(78-20(3)92)46(104)41(99)26(8-83)120-67)134-76-66(136-70-38(81-23(6)95)49(107)61(31(13-88)126-70)132-73-56(114)52(110)43(101)28(10-85)122-73)57(115)63(33(15-90)127-76)130-69-37(80-22(5)94)48(106)60(30(12-87)125-69)131-72-55(113)51(109)42(100)27(9-84)121-72/h18,24-76,82-90,96-116H,7-17H2,1-6H3,(H,77,91)(H,78,92)(H,79,93)(H,80,94)(H,81,95). The van der Waals surface area contributed by atoms with Gasteiger partial charge in [-0.1, -0.05) is 0 Å². The van der Waals surface area contributed by atoms with Crippen molar-refractivity contribution in [3.8, 4) is 0 Å². The van der Waals surface area contributed by atoms with Gasteiger partial charge >= 0.3 is 0 Å². The maximum Gasteiger partial charge on any atom is 0.217 e. The van der Waals surface area contributed by atoms with Crippen LogP contribution in [0.1, 0.15) is 41.5 Å². The summed E-state index contributed by atoms with van der Waals surface area (Å²) in [6.07, 6.45) is -107. The molecule has 10 fully saturated rings. The summed E-state index contributed by atoms with van der Waals surface area (Å²) in [4.78, 5) is 65.1. The van der Waals surface area contributed by atoms with Crippen molar-refractivity contribution >= 4 is 29.5 Å². The third kappa shape index (κ3) is 25.8. The molecule has 35 N–H and O–H groups in total. The van der Waals surface area contributed by atoms with E-state index >= 15 is 0 Å². The Balaban J connectivity index is 1.06. The average molecular weight is 1990 g/mol. The zero-order chi connectivity index (χ0) is 101. The molecule has 60 nitrogen and oxygen atoms in total. The van der Waals surface area contributed by atoms with Gasteiger partial charge in [0.15, 0.2) is 62.9 Å². The molecular formula is C76H129N5O55. The Morgan fingerprint density at radius 2 is 0.581 bits per heavy atom. The van der Waals surface area contributed by atoms with E-state index in [0.29, 0.717) is 0 Å². The molecule has 0 aromatic carbocycles. The van der Waals surface area contributed by atoms with Gasteiger partial charge in [0.2, 0.25) is 29.5 Å². The Morgan fingerprint density at radius 3 is 0.993 bits per heavy atom. The molecule has 0 bridgehead atoms. The maximum absolute atomic E-state index is 13.4. The van der Waals surface area contributed by atoms with Crippen molar-refractivity contribution in [2.45, 2.75) is 373 Å². The number of rotatable bonds is 39. The van der Waals surface area contributed by atoms with E-state index in [0.717, 1.165) is 34.6 Å². The van der Waals surface area contributed by atoms with Crippen molar-refractivity contribution in [3.63, 3.8) is 0 Å². The molecule has 54 atom stereocenters. The van der Waals surface area contributed by atoms with E-state index in [2.05, 4.69) is 26.6 Å². The van der Waals surface area contributed by atoms with Crippen LogP contribution in [0, 0.1) is 0 Å². The highest BCUT2D eigenvalue weighted by Crippen LogP contribution is 2.42. The van der Waals surface area contributed by atoms with Crippen molar-refractivity contribution in [1.29, 1.82) is 0 Å². The number of carbonyl (C=O) groups excluding carboxylic acids is 5. The third-order valence-electron chi connectivity index (χ3n) is 24.6. The summed E-state index contributed by atoms with van der Waals surface area (Å²) in [7, 11) is 0. The van der Waals surface area contributed by atoms with Crippen LogP contribution in [0.15, 0.2) is 0 Å². The minimum absolute atomic E-state index is 0.864. The van der Waals surface area contributed by atoms with Crippen LogP contribution in [0.25, 0.3) is 0 Å². The van der Waals surface area contributed by atoms with Gasteiger partial charge in [-0.05, 0) is 6.92 Å². The summed E-state index contributed by atoms with van der Waals surface area (Å²) in [6, 6.07) is -9.96. The molecular weight excluding hydrogens is 1860 g/mol. The summed E-state index contributed by atoms with van der Waals surface area (Å²) in [6.45, 7) is -7.24. The Labute approximate surface area is 771 Å². The second-order valence-electron chi connectivity index (χ2n) is 34.3. The molecule has 60 heteroatoms. The van der Waals surface area contributed by atoms with Gasteiger partial charge in [0, 0.05) is 34.6 Å². The highest BCUT2D eigenvalue weighted by molar-refractivity contribution is 5.75. The van der Waals surface area contributed by atoms with Crippen LogP contribution in [-0.2, 0) is 119 Å². The summed E-state index contributed by atoms with van der Waals surface area (Å²) >= 11 is 0. The molecule has 0 aromatic heterocycles. The van der Waals surface area contributed by atoms with Crippen LogP contribution in [0.2, 0.25) is 0 Å².